The van der Waals surface area contributed by atoms with Gasteiger partial charge in [-0.25, -0.2) is 0 Å². The number of rotatable bonds is 68. The van der Waals surface area contributed by atoms with Crippen LogP contribution < -0.4 is 10.2 Å². The number of carbonyl (C=O) groups excluding carboxylic acids is 1. The van der Waals surface area contributed by atoms with Crippen molar-refractivity contribution in [3.63, 3.8) is 0 Å². The lowest BCUT2D eigenvalue weighted by molar-refractivity contribution is -0.870. The fourth-order valence-corrected chi connectivity index (χ4v) is 12.1. The van der Waals surface area contributed by atoms with Crippen LogP contribution in [0.1, 0.15) is 386 Å². The maximum Gasteiger partial charge on any atom is 0.268 e. The molecule has 0 saturated carbocycles. The first kappa shape index (κ1) is 79.2. The van der Waals surface area contributed by atoms with Crippen LogP contribution in [0.2, 0.25) is 0 Å². The minimum Gasteiger partial charge on any atom is -0.756 e. The van der Waals surface area contributed by atoms with E-state index in [1.54, 1.807) is 6.08 Å². The third-order valence-corrected chi connectivity index (χ3v) is 18.0. The number of likely N-dealkylation sites (N-methyl/N-ethyl adjacent to an activating group) is 1. The van der Waals surface area contributed by atoms with Gasteiger partial charge in [0.15, 0.2) is 0 Å². The zero-order valence-corrected chi connectivity index (χ0v) is 55.7. The van der Waals surface area contributed by atoms with Gasteiger partial charge in [0.2, 0.25) is 5.91 Å². The molecule has 2 N–H and O–H groups in total. The monoisotopic (exact) mass is 1150 g/mol. The number of nitrogens with zero attached hydrogens (tertiary/aromatic N) is 1. The summed E-state index contributed by atoms with van der Waals surface area (Å²) in [5.74, 6) is -0.187. The van der Waals surface area contributed by atoms with Gasteiger partial charge in [-0.2, -0.15) is 0 Å². The van der Waals surface area contributed by atoms with Crippen molar-refractivity contribution in [3.8, 4) is 0 Å². The van der Waals surface area contributed by atoms with Gasteiger partial charge in [-0.15, -0.1) is 0 Å². The highest BCUT2D eigenvalue weighted by molar-refractivity contribution is 7.45. The molecule has 9 heteroatoms. The average Bonchev–Trinajstić information content (AvgIpc) is 3.42. The van der Waals surface area contributed by atoms with Gasteiger partial charge in [-0.3, -0.25) is 9.36 Å². The number of phosphoric acid groups is 1. The molecule has 80 heavy (non-hydrogen) atoms. The number of aliphatic hydroxyl groups is 1. The Morgan fingerprint density at radius 1 is 0.425 bits per heavy atom. The number of phosphoric ester groups is 1. The zero-order chi connectivity index (χ0) is 58.4. The number of nitrogens with one attached hydrogen (secondary N) is 1. The van der Waals surface area contributed by atoms with Gasteiger partial charge in [0.1, 0.15) is 13.2 Å². The van der Waals surface area contributed by atoms with E-state index >= 15 is 0 Å². The normalized spacial score (nSPS) is 13.6. The number of carbonyl (C=O) groups is 1. The summed E-state index contributed by atoms with van der Waals surface area (Å²) in [5.41, 5.74) is 0. The second kappa shape index (κ2) is 62.8. The van der Waals surface area contributed by atoms with Crippen LogP contribution in [0.25, 0.3) is 0 Å². The van der Waals surface area contributed by atoms with Crippen molar-refractivity contribution in [3.05, 3.63) is 12.2 Å². The zero-order valence-electron chi connectivity index (χ0n) is 54.8. The van der Waals surface area contributed by atoms with E-state index in [0.29, 0.717) is 17.4 Å². The van der Waals surface area contributed by atoms with Crippen molar-refractivity contribution in [1.82, 2.24) is 5.32 Å². The molecular weight excluding hydrogens is 1010 g/mol. The van der Waals surface area contributed by atoms with Gasteiger partial charge in [0.05, 0.1) is 39.9 Å². The Labute approximate surface area is 501 Å². The Hall–Kier alpha value is -0.760. The highest BCUT2D eigenvalue weighted by Crippen LogP contribution is 2.38. The van der Waals surface area contributed by atoms with Crippen LogP contribution in [0.15, 0.2) is 12.2 Å². The van der Waals surface area contributed by atoms with Gasteiger partial charge < -0.3 is 28.8 Å². The van der Waals surface area contributed by atoms with E-state index in [2.05, 4.69) is 19.2 Å². The molecule has 478 valence electrons. The van der Waals surface area contributed by atoms with E-state index in [0.717, 1.165) is 38.5 Å². The van der Waals surface area contributed by atoms with E-state index in [1.165, 1.54) is 327 Å². The van der Waals surface area contributed by atoms with E-state index in [1.807, 2.05) is 27.2 Å². The molecule has 0 fully saturated rings. The first-order valence-electron chi connectivity index (χ1n) is 36.1. The van der Waals surface area contributed by atoms with Gasteiger partial charge in [0, 0.05) is 6.42 Å². The van der Waals surface area contributed by atoms with Gasteiger partial charge in [0.25, 0.3) is 7.82 Å². The molecule has 0 bridgehead atoms. The number of hydrogen-bond donors (Lipinski definition) is 2. The first-order valence-corrected chi connectivity index (χ1v) is 37.5. The molecular formula is C71H143N2O6P. The van der Waals surface area contributed by atoms with Crippen LogP contribution in [-0.2, 0) is 18.4 Å². The van der Waals surface area contributed by atoms with Gasteiger partial charge in [-0.05, 0) is 19.3 Å². The lowest BCUT2D eigenvalue weighted by Crippen LogP contribution is -2.45. The predicted molar refractivity (Wildman–Crippen MR) is 349 cm³/mol. The topological polar surface area (TPSA) is 108 Å². The SMILES string of the molecule is CCCCCCCCCCCCCCCCCCCCCC/C=C/C(O)C(COP(=O)([O-])OCC[N+](C)(C)C)NC(=O)CCCCCCCCCCCCCCCCCCCCCCCCCCCCCCCCCCCCCC. The predicted octanol–water partition coefficient (Wildman–Crippen LogP) is 22.3. The summed E-state index contributed by atoms with van der Waals surface area (Å²) >= 11 is 0. The van der Waals surface area contributed by atoms with Crippen LogP contribution in [0, 0.1) is 0 Å². The van der Waals surface area contributed by atoms with Gasteiger partial charge >= 0.3 is 0 Å². The van der Waals surface area contributed by atoms with Crippen molar-refractivity contribution in [2.24, 2.45) is 0 Å². The van der Waals surface area contributed by atoms with Crippen molar-refractivity contribution in [2.45, 2.75) is 398 Å². The lowest BCUT2D eigenvalue weighted by Gasteiger charge is -2.29. The van der Waals surface area contributed by atoms with Crippen LogP contribution in [-0.4, -0.2) is 68.5 Å². The number of quaternary nitrogens is 1. The fourth-order valence-electron chi connectivity index (χ4n) is 11.4. The Morgan fingerprint density at radius 2 is 0.675 bits per heavy atom. The Morgan fingerprint density at radius 3 is 0.938 bits per heavy atom. The highest BCUT2D eigenvalue weighted by Gasteiger charge is 2.23. The quantitative estimate of drug-likeness (QED) is 0.0272. The van der Waals surface area contributed by atoms with Crippen LogP contribution in [0.3, 0.4) is 0 Å². The average molecular weight is 1150 g/mol. The minimum absolute atomic E-state index is 0.00297. The van der Waals surface area contributed by atoms with Crippen LogP contribution in [0.4, 0.5) is 0 Å². The summed E-state index contributed by atoms with van der Waals surface area (Å²) in [6.07, 6.45) is 80.7. The highest BCUT2D eigenvalue weighted by atomic mass is 31.2. The Balaban J connectivity index is 3.94. The molecule has 0 aliphatic carbocycles. The maximum atomic E-state index is 13.0. The van der Waals surface area contributed by atoms with Crippen LogP contribution >= 0.6 is 7.82 Å². The summed E-state index contributed by atoms with van der Waals surface area (Å²) < 4.78 is 23.5. The van der Waals surface area contributed by atoms with Crippen molar-refractivity contribution in [2.75, 3.05) is 40.9 Å². The van der Waals surface area contributed by atoms with E-state index in [-0.39, 0.29) is 19.1 Å². The number of aliphatic hydroxyl groups excluding tert-OH is 1. The van der Waals surface area contributed by atoms with E-state index in [4.69, 9.17) is 9.05 Å². The maximum absolute atomic E-state index is 13.0. The molecule has 0 aromatic rings. The summed E-state index contributed by atoms with van der Waals surface area (Å²) in [6, 6.07) is -0.883. The lowest BCUT2D eigenvalue weighted by atomic mass is 10.0. The van der Waals surface area contributed by atoms with Crippen molar-refractivity contribution >= 4 is 13.7 Å². The molecule has 3 unspecified atom stereocenters. The molecule has 0 saturated heterocycles. The summed E-state index contributed by atoms with van der Waals surface area (Å²) in [6.45, 7) is 4.72. The molecule has 0 aliphatic heterocycles. The van der Waals surface area contributed by atoms with E-state index < -0.39 is 20.0 Å². The second-order valence-corrected chi connectivity index (χ2v) is 27.7. The number of allylic oxidation sites excluding steroid dienone is 1. The molecule has 0 radical (unpaired) electrons. The van der Waals surface area contributed by atoms with Crippen LogP contribution in [0.5, 0.6) is 0 Å². The molecule has 3 atom stereocenters. The molecule has 0 heterocycles. The third-order valence-electron chi connectivity index (χ3n) is 17.0. The molecule has 0 rings (SSSR count). The molecule has 0 aromatic heterocycles. The molecule has 0 aliphatic rings. The second-order valence-electron chi connectivity index (χ2n) is 26.3. The largest absolute Gasteiger partial charge is 0.756 e. The molecule has 1 amide bonds. The summed E-state index contributed by atoms with van der Waals surface area (Å²) in [4.78, 5) is 25.6. The molecule has 0 spiro atoms. The Kier molecular flexibility index (Phi) is 62.2. The minimum atomic E-state index is -4.60. The number of amides is 1. The Bertz CT molecular complexity index is 1310. The summed E-state index contributed by atoms with van der Waals surface area (Å²) in [5, 5.41) is 14.0. The summed E-state index contributed by atoms with van der Waals surface area (Å²) in [7, 11) is 1.28. The van der Waals surface area contributed by atoms with Crippen molar-refractivity contribution in [1.29, 1.82) is 0 Å². The first-order chi connectivity index (χ1) is 39.0. The smallest absolute Gasteiger partial charge is 0.268 e. The molecule has 8 nitrogen and oxygen atoms in total. The van der Waals surface area contributed by atoms with Crippen molar-refractivity contribution < 1.29 is 32.9 Å². The number of hydrogen-bond acceptors (Lipinski definition) is 6. The van der Waals surface area contributed by atoms with Gasteiger partial charge in [-0.1, -0.05) is 373 Å². The molecule has 0 aromatic carbocycles. The van der Waals surface area contributed by atoms with E-state index in [9.17, 15) is 19.4 Å². The standard InChI is InChI=1S/C71H143N2O6P/c1-6-8-10-12-14-16-18-20-22-24-26-28-30-31-32-33-34-35-36-37-38-39-40-41-42-43-45-47-49-51-53-55-57-59-61-63-65-71(75)72-69(68-79-80(76,77)78-67-66-73(3,4)5)70(74)64-62-60-58-56-54-52-50-48-46-44-29-27-25-23-21-19-17-15-13-11-9-7-2/h62,64,69-70,74H,6-61,63,65-68H2,1-5H3,(H-,72,75,76,77)/b64-62+. The number of unbranched alkanes of at least 4 members (excludes halogenated alkanes) is 55. The fraction of sp³-hybridized carbons (Fsp3) is 0.958. The third kappa shape index (κ3) is 64.8.